The van der Waals surface area contributed by atoms with E-state index >= 15 is 0 Å². The quantitative estimate of drug-likeness (QED) is 0.894. The number of aromatic nitrogens is 2. The molecule has 120 valence electrons. The SMILES string of the molecule is CC(c1nnc(-c2ccc(Cl)c(Cl)c2)o1)N(C)CC(C)(C)O. The van der Waals surface area contributed by atoms with Crippen LogP contribution in [0.15, 0.2) is 22.6 Å². The van der Waals surface area contributed by atoms with Crippen molar-refractivity contribution in [3.8, 4) is 11.5 Å². The lowest BCUT2D eigenvalue weighted by atomic mass is 10.1. The third kappa shape index (κ3) is 4.20. The summed E-state index contributed by atoms with van der Waals surface area (Å²) < 4.78 is 5.71. The van der Waals surface area contributed by atoms with E-state index in [-0.39, 0.29) is 6.04 Å². The summed E-state index contributed by atoms with van der Waals surface area (Å²) in [6, 6.07) is 5.03. The fourth-order valence-electron chi connectivity index (χ4n) is 2.09. The number of benzene rings is 1. The van der Waals surface area contributed by atoms with E-state index in [1.54, 1.807) is 32.0 Å². The summed E-state index contributed by atoms with van der Waals surface area (Å²) >= 11 is 11.9. The Bertz CT molecular complexity index is 652. The maximum Gasteiger partial charge on any atom is 0.247 e. The minimum absolute atomic E-state index is 0.115. The Labute approximate surface area is 139 Å². The van der Waals surface area contributed by atoms with Crippen molar-refractivity contribution in [1.82, 2.24) is 15.1 Å². The molecule has 0 saturated heterocycles. The van der Waals surface area contributed by atoms with Gasteiger partial charge in [0.05, 0.1) is 21.7 Å². The molecule has 0 aliphatic carbocycles. The Morgan fingerprint density at radius 2 is 1.95 bits per heavy atom. The van der Waals surface area contributed by atoms with Crippen molar-refractivity contribution in [3.05, 3.63) is 34.1 Å². The lowest BCUT2D eigenvalue weighted by molar-refractivity contribution is 0.0298. The minimum atomic E-state index is -0.796. The van der Waals surface area contributed by atoms with Crippen LogP contribution in [0.5, 0.6) is 0 Å². The average molecular weight is 344 g/mol. The second kappa shape index (κ2) is 6.54. The molecule has 7 heteroatoms. The van der Waals surface area contributed by atoms with Gasteiger partial charge in [-0.2, -0.15) is 0 Å². The van der Waals surface area contributed by atoms with Crippen molar-refractivity contribution >= 4 is 23.2 Å². The fourth-order valence-corrected chi connectivity index (χ4v) is 2.38. The maximum absolute atomic E-state index is 9.89. The summed E-state index contributed by atoms with van der Waals surface area (Å²) in [6.07, 6.45) is 0. The molecule has 0 radical (unpaired) electrons. The van der Waals surface area contributed by atoms with Gasteiger partial charge in [0.1, 0.15) is 0 Å². The number of halogens is 2. The molecule has 0 spiro atoms. The molecule has 0 amide bonds. The predicted molar refractivity (Wildman–Crippen MR) is 87.1 cm³/mol. The van der Waals surface area contributed by atoms with Crippen molar-refractivity contribution < 1.29 is 9.52 Å². The first-order valence-corrected chi connectivity index (χ1v) is 7.64. The Morgan fingerprint density at radius 3 is 2.55 bits per heavy atom. The monoisotopic (exact) mass is 343 g/mol. The van der Waals surface area contributed by atoms with E-state index in [9.17, 15) is 5.11 Å². The van der Waals surface area contributed by atoms with Crippen LogP contribution in [0.4, 0.5) is 0 Å². The highest BCUT2D eigenvalue weighted by Gasteiger charge is 2.24. The highest BCUT2D eigenvalue weighted by molar-refractivity contribution is 6.42. The van der Waals surface area contributed by atoms with Crippen LogP contribution in [0.3, 0.4) is 0 Å². The van der Waals surface area contributed by atoms with Gasteiger partial charge in [-0.05, 0) is 46.0 Å². The smallest absolute Gasteiger partial charge is 0.247 e. The molecule has 5 nitrogen and oxygen atoms in total. The normalized spacial score (nSPS) is 13.6. The van der Waals surface area contributed by atoms with Crippen LogP contribution in [0.2, 0.25) is 10.0 Å². The number of hydrogen-bond donors (Lipinski definition) is 1. The number of nitrogens with zero attached hydrogens (tertiary/aromatic N) is 3. The third-order valence-electron chi connectivity index (χ3n) is 3.26. The van der Waals surface area contributed by atoms with Gasteiger partial charge in [0.15, 0.2) is 0 Å². The highest BCUT2D eigenvalue weighted by atomic mass is 35.5. The molecule has 0 fully saturated rings. The molecule has 1 aromatic carbocycles. The van der Waals surface area contributed by atoms with Crippen LogP contribution in [-0.2, 0) is 0 Å². The van der Waals surface area contributed by atoms with E-state index in [1.165, 1.54) is 0 Å². The van der Waals surface area contributed by atoms with E-state index in [4.69, 9.17) is 27.6 Å². The Balaban J connectivity index is 2.18. The van der Waals surface area contributed by atoms with Gasteiger partial charge >= 0.3 is 0 Å². The Kier molecular flexibility index (Phi) is 5.12. The van der Waals surface area contributed by atoms with Gasteiger partial charge in [-0.25, -0.2) is 0 Å². The lowest BCUT2D eigenvalue weighted by Gasteiger charge is -2.28. The van der Waals surface area contributed by atoms with Crippen LogP contribution >= 0.6 is 23.2 Å². The van der Waals surface area contributed by atoms with Gasteiger partial charge in [0, 0.05) is 12.1 Å². The largest absolute Gasteiger partial charge is 0.419 e. The van der Waals surface area contributed by atoms with Gasteiger partial charge in [-0.3, -0.25) is 4.90 Å². The fraction of sp³-hybridized carbons (Fsp3) is 0.467. The topological polar surface area (TPSA) is 62.4 Å². The molecule has 2 aromatic rings. The first-order chi connectivity index (χ1) is 10.2. The Morgan fingerprint density at radius 1 is 1.27 bits per heavy atom. The molecular formula is C15H19Cl2N3O2. The predicted octanol–water partition coefficient (Wildman–Crippen LogP) is 3.81. The van der Waals surface area contributed by atoms with Crippen LogP contribution in [-0.4, -0.2) is 39.4 Å². The number of likely N-dealkylation sites (N-methyl/N-ethyl adjacent to an activating group) is 1. The minimum Gasteiger partial charge on any atom is -0.419 e. The van der Waals surface area contributed by atoms with Crippen LogP contribution in [0, 0.1) is 0 Å². The molecule has 22 heavy (non-hydrogen) atoms. The standard InChI is InChI=1S/C15H19Cl2N3O2/c1-9(20(4)8-15(2,3)21)13-18-19-14(22-13)10-5-6-11(16)12(17)7-10/h5-7,9,21H,8H2,1-4H3. The first-order valence-electron chi connectivity index (χ1n) is 6.89. The summed E-state index contributed by atoms with van der Waals surface area (Å²) in [5.41, 5.74) is -0.0826. The lowest BCUT2D eigenvalue weighted by Crippen LogP contribution is -2.37. The van der Waals surface area contributed by atoms with Crippen molar-refractivity contribution in [3.63, 3.8) is 0 Å². The van der Waals surface area contributed by atoms with E-state index in [0.29, 0.717) is 33.9 Å². The van der Waals surface area contributed by atoms with Gasteiger partial charge in [0.25, 0.3) is 0 Å². The number of hydrogen-bond acceptors (Lipinski definition) is 5. The van der Waals surface area contributed by atoms with Crippen molar-refractivity contribution in [1.29, 1.82) is 0 Å². The molecule has 0 saturated carbocycles. The van der Waals surface area contributed by atoms with E-state index in [0.717, 1.165) is 0 Å². The zero-order valence-electron chi connectivity index (χ0n) is 13.0. The summed E-state index contributed by atoms with van der Waals surface area (Å²) in [4.78, 5) is 1.95. The summed E-state index contributed by atoms with van der Waals surface area (Å²) in [6.45, 7) is 5.94. The second-order valence-electron chi connectivity index (χ2n) is 5.98. The van der Waals surface area contributed by atoms with Crippen molar-refractivity contribution in [2.75, 3.05) is 13.6 Å². The van der Waals surface area contributed by atoms with E-state index in [1.807, 2.05) is 18.9 Å². The highest BCUT2D eigenvalue weighted by Crippen LogP contribution is 2.29. The van der Waals surface area contributed by atoms with Gasteiger partial charge in [-0.1, -0.05) is 23.2 Å². The first kappa shape index (κ1) is 17.2. The van der Waals surface area contributed by atoms with Crippen molar-refractivity contribution in [2.45, 2.75) is 32.4 Å². The molecule has 1 atom stereocenters. The van der Waals surface area contributed by atoms with E-state index in [2.05, 4.69) is 10.2 Å². The summed E-state index contributed by atoms with van der Waals surface area (Å²) in [5.74, 6) is 0.866. The van der Waals surface area contributed by atoms with Gasteiger partial charge in [0.2, 0.25) is 11.8 Å². The van der Waals surface area contributed by atoms with Crippen LogP contribution in [0.25, 0.3) is 11.5 Å². The molecule has 1 unspecified atom stereocenters. The zero-order chi connectivity index (χ0) is 16.5. The molecule has 1 heterocycles. The molecule has 0 aliphatic heterocycles. The summed E-state index contributed by atoms with van der Waals surface area (Å²) in [5, 5.41) is 18.9. The van der Waals surface area contributed by atoms with E-state index < -0.39 is 5.60 Å². The van der Waals surface area contributed by atoms with Crippen molar-refractivity contribution in [2.24, 2.45) is 0 Å². The number of aliphatic hydroxyl groups is 1. The third-order valence-corrected chi connectivity index (χ3v) is 4.00. The second-order valence-corrected chi connectivity index (χ2v) is 6.79. The Hall–Kier alpha value is -1.14. The molecule has 0 bridgehead atoms. The molecule has 2 rings (SSSR count). The molecular weight excluding hydrogens is 325 g/mol. The average Bonchev–Trinajstić information content (AvgIpc) is 2.88. The molecule has 1 aromatic heterocycles. The maximum atomic E-state index is 9.89. The molecule has 0 aliphatic rings. The number of rotatable bonds is 5. The van der Waals surface area contributed by atoms with Gasteiger partial charge in [-0.15, -0.1) is 10.2 Å². The van der Waals surface area contributed by atoms with Crippen LogP contribution < -0.4 is 0 Å². The van der Waals surface area contributed by atoms with Crippen LogP contribution in [0.1, 0.15) is 32.7 Å². The molecule has 1 N–H and O–H groups in total. The zero-order valence-corrected chi connectivity index (χ0v) is 14.5. The van der Waals surface area contributed by atoms with Gasteiger partial charge < -0.3 is 9.52 Å². The summed E-state index contributed by atoms with van der Waals surface area (Å²) in [7, 11) is 1.89.